The first kappa shape index (κ1) is 13.9. The van der Waals surface area contributed by atoms with Gasteiger partial charge in [0.1, 0.15) is 0 Å². The molecule has 0 saturated heterocycles. The normalized spacial score (nSPS) is 11.6. The summed E-state index contributed by atoms with van der Waals surface area (Å²) in [7, 11) is 0. The van der Waals surface area contributed by atoms with Gasteiger partial charge in [-0.1, -0.05) is 34.6 Å². The zero-order chi connectivity index (χ0) is 12.9. The van der Waals surface area contributed by atoms with Crippen molar-refractivity contribution in [1.29, 1.82) is 0 Å². The van der Waals surface area contributed by atoms with Crippen LogP contribution in [0.15, 0.2) is 0 Å². The smallest absolute Gasteiger partial charge is 0.242 e. The first-order valence-corrected chi connectivity index (χ1v) is 6.42. The van der Waals surface area contributed by atoms with Gasteiger partial charge in [0.2, 0.25) is 5.95 Å². The van der Waals surface area contributed by atoms with Crippen LogP contribution in [0.4, 0.5) is 5.95 Å². The lowest BCUT2D eigenvalue weighted by atomic mass is 9.92. The third-order valence-corrected chi connectivity index (χ3v) is 2.67. The average Bonchev–Trinajstić information content (AvgIpc) is 2.27. The van der Waals surface area contributed by atoms with E-state index in [0.29, 0.717) is 11.4 Å². The van der Waals surface area contributed by atoms with E-state index in [1.54, 1.807) is 0 Å². The molecule has 4 heteroatoms. The molecule has 1 aromatic rings. The van der Waals surface area contributed by atoms with Gasteiger partial charge in [0.05, 0.1) is 11.4 Å². The van der Waals surface area contributed by atoms with Gasteiger partial charge in [0, 0.05) is 6.54 Å². The van der Waals surface area contributed by atoms with Crippen molar-refractivity contribution in [3.05, 3.63) is 11.4 Å². The Bertz CT molecular complexity index is 355. The second-order valence-electron chi connectivity index (χ2n) is 5.47. The highest BCUT2D eigenvalue weighted by molar-refractivity contribution is 5.25. The van der Waals surface area contributed by atoms with E-state index in [2.05, 4.69) is 55.1 Å². The molecule has 1 aromatic heterocycles. The summed E-state index contributed by atoms with van der Waals surface area (Å²) in [5, 5.41) is 11.6. The molecule has 1 heterocycles. The monoisotopic (exact) mass is 236 g/mol. The van der Waals surface area contributed by atoms with E-state index in [1.165, 1.54) is 0 Å². The number of aromatic nitrogens is 3. The molecule has 4 nitrogen and oxygen atoms in total. The van der Waals surface area contributed by atoms with Gasteiger partial charge in [0.25, 0.3) is 0 Å². The Morgan fingerprint density at radius 1 is 1.00 bits per heavy atom. The standard InChI is InChI=1S/C13H24N4/c1-6-10-11(7-2)16-17-12(15-10)14-9-8-13(3,4)5/h6-9H2,1-5H3,(H,14,15,17). The van der Waals surface area contributed by atoms with Crippen LogP contribution in [0.3, 0.4) is 0 Å². The lowest BCUT2D eigenvalue weighted by Crippen LogP contribution is -2.15. The average molecular weight is 236 g/mol. The fourth-order valence-electron chi connectivity index (χ4n) is 1.56. The van der Waals surface area contributed by atoms with Gasteiger partial charge in [-0.2, -0.15) is 5.10 Å². The minimum atomic E-state index is 0.331. The Morgan fingerprint density at radius 3 is 2.18 bits per heavy atom. The third kappa shape index (κ3) is 4.67. The number of hydrogen-bond donors (Lipinski definition) is 1. The molecule has 0 aliphatic carbocycles. The van der Waals surface area contributed by atoms with Crippen molar-refractivity contribution in [2.75, 3.05) is 11.9 Å². The SMILES string of the molecule is CCc1nnc(NCCC(C)(C)C)nc1CC. The summed E-state index contributed by atoms with van der Waals surface area (Å²) in [5.41, 5.74) is 2.40. The Balaban J connectivity index is 2.60. The number of aryl methyl sites for hydroxylation is 2. The molecule has 0 aliphatic heterocycles. The van der Waals surface area contributed by atoms with Crippen LogP contribution in [-0.4, -0.2) is 21.7 Å². The van der Waals surface area contributed by atoms with Gasteiger partial charge >= 0.3 is 0 Å². The first-order chi connectivity index (χ1) is 7.96. The fourth-order valence-corrected chi connectivity index (χ4v) is 1.56. The number of nitrogens with one attached hydrogen (secondary N) is 1. The van der Waals surface area contributed by atoms with Crippen LogP contribution in [0, 0.1) is 5.41 Å². The van der Waals surface area contributed by atoms with Crippen LogP contribution in [0.2, 0.25) is 0 Å². The van der Waals surface area contributed by atoms with Crippen molar-refractivity contribution in [3.8, 4) is 0 Å². The van der Waals surface area contributed by atoms with Crippen molar-refractivity contribution in [2.45, 2.75) is 53.9 Å². The molecule has 0 fully saturated rings. The lowest BCUT2D eigenvalue weighted by Gasteiger charge is -2.18. The highest BCUT2D eigenvalue weighted by atomic mass is 15.2. The predicted molar refractivity (Wildman–Crippen MR) is 71.1 cm³/mol. The predicted octanol–water partition coefficient (Wildman–Crippen LogP) is 2.84. The Kier molecular flexibility index (Phi) is 4.85. The number of nitrogens with zero attached hydrogens (tertiary/aromatic N) is 3. The molecule has 0 saturated carbocycles. The van der Waals surface area contributed by atoms with Gasteiger partial charge in [-0.05, 0) is 24.7 Å². The molecule has 0 bridgehead atoms. The summed E-state index contributed by atoms with van der Waals surface area (Å²) in [5.74, 6) is 0.656. The van der Waals surface area contributed by atoms with Crippen molar-refractivity contribution in [2.24, 2.45) is 5.41 Å². The van der Waals surface area contributed by atoms with E-state index in [9.17, 15) is 0 Å². The molecular formula is C13H24N4. The molecule has 0 aromatic carbocycles. The summed E-state index contributed by atoms with van der Waals surface area (Å²) in [6.45, 7) is 11.8. The Morgan fingerprint density at radius 2 is 1.65 bits per heavy atom. The van der Waals surface area contributed by atoms with E-state index in [4.69, 9.17) is 0 Å². The number of anilines is 1. The lowest BCUT2D eigenvalue weighted by molar-refractivity contribution is 0.389. The van der Waals surface area contributed by atoms with E-state index >= 15 is 0 Å². The van der Waals surface area contributed by atoms with Crippen molar-refractivity contribution < 1.29 is 0 Å². The zero-order valence-corrected chi connectivity index (χ0v) is 11.7. The molecule has 0 radical (unpaired) electrons. The van der Waals surface area contributed by atoms with Crippen LogP contribution in [0.25, 0.3) is 0 Å². The molecule has 96 valence electrons. The highest BCUT2D eigenvalue weighted by Gasteiger charge is 2.10. The van der Waals surface area contributed by atoms with Gasteiger partial charge in [-0.15, -0.1) is 5.10 Å². The first-order valence-electron chi connectivity index (χ1n) is 6.42. The summed E-state index contributed by atoms with van der Waals surface area (Å²) in [4.78, 5) is 4.50. The van der Waals surface area contributed by atoms with Crippen LogP contribution >= 0.6 is 0 Å². The minimum Gasteiger partial charge on any atom is -0.353 e. The molecular weight excluding hydrogens is 212 g/mol. The van der Waals surface area contributed by atoms with E-state index in [1.807, 2.05) is 0 Å². The van der Waals surface area contributed by atoms with Gasteiger partial charge in [-0.25, -0.2) is 4.98 Å². The van der Waals surface area contributed by atoms with Crippen molar-refractivity contribution in [3.63, 3.8) is 0 Å². The van der Waals surface area contributed by atoms with Crippen LogP contribution < -0.4 is 5.32 Å². The molecule has 0 amide bonds. The molecule has 0 aliphatic rings. The topological polar surface area (TPSA) is 50.7 Å². The van der Waals surface area contributed by atoms with Crippen molar-refractivity contribution in [1.82, 2.24) is 15.2 Å². The van der Waals surface area contributed by atoms with Crippen molar-refractivity contribution >= 4 is 5.95 Å². The van der Waals surface area contributed by atoms with Gasteiger partial charge in [-0.3, -0.25) is 0 Å². The summed E-state index contributed by atoms with van der Waals surface area (Å²) < 4.78 is 0. The second-order valence-corrected chi connectivity index (χ2v) is 5.47. The summed E-state index contributed by atoms with van der Waals surface area (Å²) in [6, 6.07) is 0. The summed E-state index contributed by atoms with van der Waals surface area (Å²) >= 11 is 0. The highest BCUT2D eigenvalue weighted by Crippen LogP contribution is 2.18. The number of rotatable bonds is 5. The molecule has 17 heavy (non-hydrogen) atoms. The number of hydrogen-bond acceptors (Lipinski definition) is 4. The van der Waals surface area contributed by atoms with E-state index in [-0.39, 0.29) is 0 Å². The molecule has 1 rings (SSSR count). The maximum absolute atomic E-state index is 4.50. The van der Waals surface area contributed by atoms with Crippen LogP contribution in [0.5, 0.6) is 0 Å². The Labute approximate surface area is 104 Å². The van der Waals surface area contributed by atoms with Crippen LogP contribution in [-0.2, 0) is 12.8 Å². The molecule has 0 spiro atoms. The van der Waals surface area contributed by atoms with Gasteiger partial charge in [0.15, 0.2) is 0 Å². The second kappa shape index (κ2) is 5.94. The Hall–Kier alpha value is -1.19. The fraction of sp³-hybridized carbons (Fsp3) is 0.769. The summed E-state index contributed by atoms with van der Waals surface area (Å²) in [6.07, 6.45) is 2.89. The van der Waals surface area contributed by atoms with Gasteiger partial charge < -0.3 is 5.32 Å². The van der Waals surface area contributed by atoms with Crippen LogP contribution in [0.1, 0.15) is 52.4 Å². The maximum Gasteiger partial charge on any atom is 0.242 e. The van der Waals surface area contributed by atoms with E-state index in [0.717, 1.165) is 37.2 Å². The third-order valence-electron chi connectivity index (χ3n) is 2.67. The molecule has 0 atom stereocenters. The maximum atomic E-state index is 4.50. The van der Waals surface area contributed by atoms with E-state index < -0.39 is 0 Å². The quantitative estimate of drug-likeness (QED) is 0.854. The molecule has 1 N–H and O–H groups in total. The zero-order valence-electron chi connectivity index (χ0n) is 11.7. The molecule has 0 unspecified atom stereocenters. The largest absolute Gasteiger partial charge is 0.353 e. The minimum absolute atomic E-state index is 0.331.